The molecule has 2 fully saturated rings. The summed E-state index contributed by atoms with van der Waals surface area (Å²) in [5.74, 6) is 0.900. The van der Waals surface area contributed by atoms with Gasteiger partial charge in [0.15, 0.2) is 0 Å². The molecule has 1 heterocycles. The fourth-order valence-corrected chi connectivity index (χ4v) is 4.67. The smallest absolute Gasteiger partial charge is 0.220 e. The molecule has 0 radical (unpaired) electrons. The highest BCUT2D eigenvalue weighted by Gasteiger charge is 2.26. The second-order valence-electron chi connectivity index (χ2n) is 7.61. The first-order chi connectivity index (χ1) is 12.5. The summed E-state index contributed by atoms with van der Waals surface area (Å²) in [5, 5.41) is 3.02. The van der Waals surface area contributed by atoms with Crippen molar-refractivity contribution in [2.45, 2.75) is 57.9 Å². The summed E-state index contributed by atoms with van der Waals surface area (Å²) in [4.78, 5) is 11.8. The van der Waals surface area contributed by atoms with E-state index in [4.69, 9.17) is 0 Å². The Hall–Kier alpha value is -1.40. The Morgan fingerprint density at radius 2 is 1.69 bits per heavy atom. The minimum Gasteiger partial charge on any atom is -0.353 e. The minimum absolute atomic E-state index is 0.158. The van der Waals surface area contributed by atoms with Crippen molar-refractivity contribution in [2.24, 2.45) is 5.92 Å². The first-order valence-electron chi connectivity index (χ1n) is 9.81. The van der Waals surface area contributed by atoms with E-state index in [-0.39, 0.29) is 11.7 Å². The standard InChI is InChI=1S/C20H30N2O3S/c1-2-26(24,25)22-13-11-18(12-14-22)15-17-5-3-16(4-6-17)7-10-20(23)21-19-8-9-19/h3-6,18-19H,2,7-15H2,1H3,(H,21,23). The third kappa shape index (κ3) is 5.55. The van der Waals surface area contributed by atoms with Gasteiger partial charge in [-0.25, -0.2) is 12.7 Å². The van der Waals surface area contributed by atoms with E-state index in [1.165, 1.54) is 11.1 Å². The van der Waals surface area contributed by atoms with Gasteiger partial charge in [0.2, 0.25) is 15.9 Å². The Labute approximate surface area is 157 Å². The zero-order valence-corrected chi connectivity index (χ0v) is 16.4. The summed E-state index contributed by atoms with van der Waals surface area (Å²) in [6, 6.07) is 8.99. The van der Waals surface area contributed by atoms with Crippen LogP contribution in [0.25, 0.3) is 0 Å². The lowest BCUT2D eigenvalue weighted by Gasteiger charge is -2.31. The number of rotatable bonds is 8. The van der Waals surface area contributed by atoms with E-state index >= 15 is 0 Å². The molecule has 6 heteroatoms. The fourth-order valence-electron chi connectivity index (χ4n) is 3.53. The minimum atomic E-state index is -3.04. The van der Waals surface area contributed by atoms with Crippen molar-refractivity contribution in [1.29, 1.82) is 0 Å². The number of benzene rings is 1. The molecule has 26 heavy (non-hydrogen) atoms. The molecule has 1 aromatic rings. The van der Waals surface area contributed by atoms with Gasteiger partial charge in [-0.3, -0.25) is 4.79 Å². The normalized spacial score (nSPS) is 19.4. The largest absolute Gasteiger partial charge is 0.353 e. The molecule has 3 rings (SSSR count). The summed E-state index contributed by atoms with van der Waals surface area (Å²) in [5.41, 5.74) is 2.50. The van der Waals surface area contributed by atoms with Crippen LogP contribution in [0.4, 0.5) is 0 Å². The maximum absolute atomic E-state index is 11.9. The average molecular weight is 379 g/mol. The van der Waals surface area contributed by atoms with E-state index in [1.807, 2.05) is 0 Å². The second kappa shape index (κ2) is 8.53. The van der Waals surface area contributed by atoms with Crippen molar-refractivity contribution in [1.82, 2.24) is 9.62 Å². The third-order valence-corrected chi connectivity index (χ3v) is 7.34. The Kier molecular flexibility index (Phi) is 6.35. The molecule has 1 saturated heterocycles. The zero-order chi connectivity index (χ0) is 18.6. The fraction of sp³-hybridized carbons (Fsp3) is 0.650. The molecule has 1 amide bonds. The van der Waals surface area contributed by atoms with Crippen molar-refractivity contribution >= 4 is 15.9 Å². The first-order valence-corrected chi connectivity index (χ1v) is 11.4. The lowest BCUT2D eigenvalue weighted by atomic mass is 9.90. The number of carbonyl (C=O) groups is 1. The molecule has 1 aliphatic carbocycles. The number of hydrogen-bond acceptors (Lipinski definition) is 3. The van der Waals surface area contributed by atoms with Gasteiger partial charge >= 0.3 is 0 Å². The molecule has 5 nitrogen and oxygen atoms in total. The van der Waals surface area contributed by atoms with Gasteiger partial charge in [0.1, 0.15) is 0 Å². The number of nitrogens with one attached hydrogen (secondary N) is 1. The number of piperidine rings is 1. The quantitative estimate of drug-likeness (QED) is 0.756. The summed E-state index contributed by atoms with van der Waals surface area (Å²) < 4.78 is 25.5. The topological polar surface area (TPSA) is 66.5 Å². The Morgan fingerprint density at radius 3 is 2.27 bits per heavy atom. The summed E-state index contributed by atoms with van der Waals surface area (Å²) in [7, 11) is -3.04. The highest BCUT2D eigenvalue weighted by molar-refractivity contribution is 7.89. The van der Waals surface area contributed by atoms with Crippen LogP contribution >= 0.6 is 0 Å². The van der Waals surface area contributed by atoms with Crippen LogP contribution in [0.3, 0.4) is 0 Å². The van der Waals surface area contributed by atoms with Crippen molar-refractivity contribution < 1.29 is 13.2 Å². The number of aryl methyl sites for hydroxylation is 1. The number of carbonyl (C=O) groups excluding carboxylic acids is 1. The first kappa shape index (κ1) is 19.4. The Morgan fingerprint density at radius 1 is 1.08 bits per heavy atom. The molecule has 1 aliphatic heterocycles. The van der Waals surface area contributed by atoms with E-state index in [1.54, 1.807) is 11.2 Å². The monoisotopic (exact) mass is 378 g/mol. The number of nitrogens with zero attached hydrogens (tertiary/aromatic N) is 1. The van der Waals surface area contributed by atoms with Crippen molar-refractivity contribution in [3.8, 4) is 0 Å². The number of amides is 1. The van der Waals surface area contributed by atoms with Gasteiger partial charge in [-0.2, -0.15) is 0 Å². The predicted octanol–water partition coefficient (Wildman–Crippen LogP) is 2.50. The van der Waals surface area contributed by atoms with Crippen LogP contribution in [0.15, 0.2) is 24.3 Å². The van der Waals surface area contributed by atoms with E-state index in [0.29, 0.717) is 31.5 Å². The lowest BCUT2D eigenvalue weighted by Crippen LogP contribution is -2.39. The highest BCUT2D eigenvalue weighted by atomic mass is 32.2. The molecular formula is C20H30N2O3S. The van der Waals surface area contributed by atoms with Crippen LogP contribution in [0, 0.1) is 5.92 Å². The molecule has 1 N–H and O–H groups in total. The molecule has 0 spiro atoms. The van der Waals surface area contributed by atoms with Crippen LogP contribution in [0.5, 0.6) is 0 Å². The summed E-state index contributed by atoms with van der Waals surface area (Å²) >= 11 is 0. The Balaban J connectivity index is 1.42. The maximum atomic E-state index is 11.9. The molecule has 1 saturated carbocycles. The second-order valence-corrected chi connectivity index (χ2v) is 9.86. The van der Waals surface area contributed by atoms with Crippen molar-refractivity contribution in [3.63, 3.8) is 0 Å². The van der Waals surface area contributed by atoms with Gasteiger partial charge in [-0.05, 0) is 62.5 Å². The molecule has 0 bridgehead atoms. The third-order valence-electron chi connectivity index (χ3n) is 5.46. The van der Waals surface area contributed by atoms with Crippen molar-refractivity contribution in [3.05, 3.63) is 35.4 Å². The van der Waals surface area contributed by atoms with Crippen LogP contribution in [-0.2, 0) is 27.7 Å². The maximum Gasteiger partial charge on any atom is 0.220 e. The van der Waals surface area contributed by atoms with E-state index in [2.05, 4.69) is 29.6 Å². The van der Waals surface area contributed by atoms with Gasteiger partial charge in [0.25, 0.3) is 0 Å². The van der Waals surface area contributed by atoms with Crippen LogP contribution in [0.2, 0.25) is 0 Å². The van der Waals surface area contributed by atoms with Gasteiger partial charge < -0.3 is 5.32 Å². The summed E-state index contributed by atoms with van der Waals surface area (Å²) in [6.07, 6.45) is 6.47. The van der Waals surface area contributed by atoms with Gasteiger partial charge in [0.05, 0.1) is 5.75 Å². The molecule has 0 aromatic heterocycles. The van der Waals surface area contributed by atoms with Crippen LogP contribution < -0.4 is 5.32 Å². The van der Waals surface area contributed by atoms with Crippen LogP contribution in [-0.4, -0.2) is 43.5 Å². The highest BCUT2D eigenvalue weighted by Crippen LogP contribution is 2.24. The molecule has 0 atom stereocenters. The molecule has 144 valence electrons. The van der Waals surface area contributed by atoms with Crippen molar-refractivity contribution in [2.75, 3.05) is 18.8 Å². The Bertz CT molecular complexity index is 703. The number of sulfonamides is 1. The molecule has 2 aliphatic rings. The SMILES string of the molecule is CCS(=O)(=O)N1CCC(Cc2ccc(CCC(=O)NC3CC3)cc2)CC1. The van der Waals surface area contributed by atoms with E-state index in [9.17, 15) is 13.2 Å². The van der Waals surface area contributed by atoms with Crippen LogP contribution in [0.1, 0.15) is 50.2 Å². The van der Waals surface area contributed by atoms with E-state index < -0.39 is 10.0 Å². The predicted molar refractivity (Wildman–Crippen MR) is 103 cm³/mol. The number of hydrogen-bond donors (Lipinski definition) is 1. The van der Waals surface area contributed by atoms with Gasteiger partial charge in [-0.15, -0.1) is 0 Å². The van der Waals surface area contributed by atoms with Gasteiger partial charge in [-0.1, -0.05) is 24.3 Å². The molecular weight excluding hydrogens is 348 g/mol. The average Bonchev–Trinajstić information content (AvgIpc) is 3.45. The van der Waals surface area contributed by atoms with E-state index in [0.717, 1.165) is 38.5 Å². The zero-order valence-electron chi connectivity index (χ0n) is 15.6. The molecule has 1 aromatic carbocycles. The molecule has 0 unspecified atom stereocenters. The van der Waals surface area contributed by atoms with Gasteiger partial charge in [0, 0.05) is 25.6 Å². The summed E-state index contributed by atoms with van der Waals surface area (Å²) in [6.45, 7) is 3.00. The lowest BCUT2D eigenvalue weighted by molar-refractivity contribution is -0.121.